The molecule has 3 rings (SSSR count). The van der Waals surface area contributed by atoms with Crippen LogP contribution in [0, 0.1) is 0 Å². The molecule has 1 atom stereocenters. The van der Waals surface area contributed by atoms with E-state index in [1.807, 2.05) is 31.2 Å². The molecule has 1 saturated heterocycles. The van der Waals surface area contributed by atoms with Crippen molar-refractivity contribution < 1.29 is 9.59 Å². The van der Waals surface area contributed by atoms with Crippen molar-refractivity contribution in [2.75, 3.05) is 16.9 Å². The molecule has 1 aromatic heterocycles. The second kappa shape index (κ2) is 6.39. The highest BCUT2D eigenvalue weighted by molar-refractivity contribution is 7.99. The van der Waals surface area contributed by atoms with Crippen molar-refractivity contribution in [3.05, 3.63) is 24.3 Å². The maximum Gasteiger partial charge on any atom is 0.250 e. The number of thioether (sulfide) groups is 1. The first-order chi connectivity index (χ1) is 10.7. The summed E-state index contributed by atoms with van der Waals surface area (Å²) in [5.74, 6) is 1.48. The van der Waals surface area contributed by atoms with Gasteiger partial charge >= 0.3 is 0 Å². The quantitative estimate of drug-likeness (QED) is 0.906. The number of amides is 2. The minimum Gasteiger partial charge on any atom is -0.324 e. The van der Waals surface area contributed by atoms with Gasteiger partial charge in [0.05, 0.1) is 16.9 Å². The molecule has 0 radical (unpaired) electrons. The van der Waals surface area contributed by atoms with Gasteiger partial charge in [-0.15, -0.1) is 11.8 Å². The third-order valence-corrected chi connectivity index (χ3v) is 4.61. The van der Waals surface area contributed by atoms with Crippen LogP contribution in [0.2, 0.25) is 0 Å². The van der Waals surface area contributed by atoms with Crippen LogP contribution in [0.5, 0.6) is 0 Å². The summed E-state index contributed by atoms with van der Waals surface area (Å²) in [6.45, 7) is 1.96. The average molecular weight is 318 g/mol. The number of fused-ring (bicyclic) bond motifs is 1. The Bertz CT molecular complexity index is 667. The van der Waals surface area contributed by atoms with Crippen LogP contribution >= 0.6 is 11.8 Å². The third-order valence-electron chi connectivity index (χ3n) is 3.60. The van der Waals surface area contributed by atoms with E-state index in [9.17, 15) is 9.59 Å². The van der Waals surface area contributed by atoms with Gasteiger partial charge in [-0.3, -0.25) is 14.9 Å². The number of imidazole rings is 1. The number of nitrogens with zero attached hydrogens (tertiary/aromatic N) is 2. The Labute approximate surface area is 132 Å². The third kappa shape index (κ3) is 2.94. The fraction of sp³-hybridized carbons (Fsp3) is 0.400. The molecule has 1 aliphatic heterocycles. The lowest BCUT2D eigenvalue weighted by Crippen LogP contribution is -2.44. The summed E-state index contributed by atoms with van der Waals surface area (Å²) in [5, 5.41) is 2.79. The van der Waals surface area contributed by atoms with Crippen molar-refractivity contribution in [2.24, 2.45) is 0 Å². The van der Waals surface area contributed by atoms with E-state index in [-0.39, 0.29) is 11.8 Å². The number of carbonyl (C=O) groups excluding carboxylic acids is 2. The topological polar surface area (TPSA) is 78.1 Å². The number of hydrogen-bond donors (Lipinski definition) is 2. The minimum absolute atomic E-state index is 0.0391. The number of nitrogens with one attached hydrogen (secondary N) is 2. The van der Waals surface area contributed by atoms with Crippen LogP contribution in [0.25, 0.3) is 11.0 Å². The highest BCUT2D eigenvalue weighted by Gasteiger charge is 2.34. The molecule has 1 aliphatic rings. The molecule has 2 aromatic rings. The number of H-pyrrole nitrogens is 1. The number of carbonyl (C=O) groups is 2. The molecule has 2 heterocycles. The van der Waals surface area contributed by atoms with Gasteiger partial charge in [-0.2, -0.15) is 0 Å². The van der Waals surface area contributed by atoms with Gasteiger partial charge < -0.3 is 9.88 Å². The Morgan fingerprint density at radius 3 is 3.05 bits per heavy atom. The molecule has 116 valence electrons. The largest absolute Gasteiger partial charge is 0.324 e. The van der Waals surface area contributed by atoms with E-state index < -0.39 is 6.04 Å². The van der Waals surface area contributed by atoms with Crippen LogP contribution in [-0.2, 0) is 9.59 Å². The molecule has 2 N–H and O–H groups in total. The van der Waals surface area contributed by atoms with Crippen LogP contribution in [-0.4, -0.2) is 44.4 Å². The monoisotopic (exact) mass is 318 g/mol. The number of benzene rings is 1. The Balaban J connectivity index is 1.71. The molecule has 0 spiro atoms. The SMILES string of the molecule is CCCC(=O)N1CSC[C@H]1C(=O)Nc1nc2ccccc2[nH]1. The van der Waals surface area contributed by atoms with E-state index in [0.717, 1.165) is 17.5 Å². The number of hydrogen-bond acceptors (Lipinski definition) is 4. The Morgan fingerprint density at radius 1 is 1.45 bits per heavy atom. The van der Waals surface area contributed by atoms with Crippen LogP contribution in [0.1, 0.15) is 19.8 Å². The molecule has 0 saturated carbocycles. The molecule has 6 nitrogen and oxygen atoms in total. The van der Waals surface area contributed by atoms with Gasteiger partial charge in [0, 0.05) is 12.2 Å². The van der Waals surface area contributed by atoms with Crippen molar-refractivity contribution >= 4 is 40.6 Å². The molecule has 1 aromatic carbocycles. The highest BCUT2D eigenvalue weighted by Crippen LogP contribution is 2.23. The van der Waals surface area contributed by atoms with Crippen molar-refractivity contribution in [3.8, 4) is 0 Å². The normalized spacial score (nSPS) is 17.9. The first-order valence-electron chi connectivity index (χ1n) is 7.32. The zero-order valence-electron chi connectivity index (χ0n) is 12.3. The molecule has 7 heteroatoms. The number of aromatic nitrogens is 2. The summed E-state index contributed by atoms with van der Waals surface area (Å²) in [6, 6.07) is 7.17. The summed E-state index contributed by atoms with van der Waals surface area (Å²) in [4.78, 5) is 33.6. The zero-order chi connectivity index (χ0) is 15.5. The summed E-state index contributed by atoms with van der Waals surface area (Å²) >= 11 is 1.60. The first-order valence-corrected chi connectivity index (χ1v) is 8.47. The number of anilines is 1. The van der Waals surface area contributed by atoms with Crippen LogP contribution in [0.3, 0.4) is 0 Å². The number of para-hydroxylation sites is 2. The minimum atomic E-state index is -0.419. The standard InChI is InChI=1S/C15H18N4O2S/c1-2-5-13(20)19-9-22-8-12(19)14(21)18-15-16-10-6-3-4-7-11(10)17-15/h3-4,6-7,12H,2,5,8-9H2,1H3,(H2,16,17,18,21)/t12-/m0/s1. The van der Waals surface area contributed by atoms with Crippen molar-refractivity contribution in [2.45, 2.75) is 25.8 Å². The van der Waals surface area contributed by atoms with Gasteiger partial charge in [0.25, 0.3) is 0 Å². The van der Waals surface area contributed by atoms with E-state index in [0.29, 0.717) is 24.0 Å². The molecule has 1 fully saturated rings. The van der Waals surface area contributed by atoms with Crippen LogP contribution in [0.4, 0.5) is 5.95 Å². The van der Waals surface area contributed by atoms with Gasteiger partial charge in [-0.05, 0) is 18.6 Å². The predicted molar refractivity (Wildman–Crippen MR) is 87.6 cm³/mol. The van der Waals surface area contributed by atoms with Gasteiger partial charge in [-0.1, -0.05) is 19.1 Å². The second-order valence-corrected chi connectivity index (χ2v) is 6.22. The molecular weight excluding hydrogens is 300 g/mol. The fourth-order valence-electron chi connectivity index (χ4n) is 2.48. The Kier molecular flexibility index (Phi) is 4.33. The summed E-state index contributed by atoms with van der Waals surface area (Å²) in [5.41, 5.74) is 1.68. The van der Waals surface area contributed by atoms with E-state index in [2.05, 4.69) is 15.3 Å². The van der Waals surface area contributed by atoms with Gasteiger partial charge in [0.15, 0.2) is 0 Å². The molecule has 22 heavy (non-hydrogen) atoms. The van der Waals surface area contributed by atoms with Gasteiger partial charge in [0.1, 0.15) is 6.04 Å². The average Bonchev–Trinajstić information content (AvgIpc) is 3.13. The van der Waals surface area contributed by atoms with Crippen molar-refractivity contribution in [1.82, 2.24) is 14.9 Å². The van der Waals surface area contributed by atoms with E-state index in [4.69, 9.17) is 0 Å². The molecule has 0 bridgehead atoms. The summed E-state index contributed by atoms with van der Waals surface area (Å²) in [7, 11) is 0. The zero-order valence-corrected chi connectivity index (χ0v) is 13.2. The number of aromatic amines is 1. The molecule has 0 aliphatic carbocycles. The lowest BCUT2D eigenvalue weighted by Gasteiger charge is -2.22. The Hall–Kier alpha value is -2.02. The van der Waals surface area contributed by atoms with Gasteiger partial charge in [0.2, 0.25) is 17.8 Å². The van der Waals surface area contributed by atoms with Gasteiger partial charge in [-0.25, -0.2) is 4.98 Å². The molecular formula is C15H18N4O2S. The Morgan fingerprint density at radius 2 is 2.27 bits per heavy atom. The first kappa shape index (κ1) is 14.9. The number of rotatable bonds is 4. The highest BCUT2D eigenvalue weighted by atomic mass is 32.2. The van der Waals surface area contributed by atoms with E-state index in [1.165, 1.54) is 0 Å². The second-order valence-electron chi connectivity index (χ2n) is 5.22. The summed E-state index contributed by atoms with van der Waals surface area (Å²) < 4.78 is 0. The maximum atomic E-state index is 12.4. The lowest BCUT2D eigenvalue weighted by molar-refractivity contribution is -0.136. The predicted octanol–water partition coefficient (Wildman–Crippen LogP) is 2.20. The summed E-state index contributed by atoms with van der Waals surface area (Å²) in [6.07, 6.45) is 1.27. The van der Waals surface area contributed by atoms with Crippen LogP contribution in [0.15, 0.2) is 24.3 Å². The molecule has 0 unspecified atom stereocenters. The maximum absolute atomic E-state index is 12.4. The molecule has 2 amide bonds. The van der Waals surface area contributed by atoms with Crippen molar-refractivity contribution in [1.29, 1.82) is 0 Å². The van der Waals surface area contributed by atoms with Crippen molar-refractivity contribution in [3.63, 3.8) is 0 Å². The smallest absolute Gasteiger partial charge is 0.250 e. The van der Waals surface area contributed by atoms with E-state index >= 15 is 0 Å². The lowest BCUT2D eigenvalue weighted by atomic mass is 10.2. The fourth-order valence-corrected chi connectivity index (χ4v) is 3.66. The van der Waals surface area contributed by atoms with E-state index in [1.54, 1.807) is 16.7 Å². The van der Waals surface area contributed by atoms with Crippen LogP contribution < -0.4 is 5.32 Å².